The Balaban J connectivity index is 1.46. The molecule has 2 heterocycles. The lowest BCUT2D eigenvalue weighted by molar-refractivity contribution is -0.137. The number of nitrogens with zero attached hydrogens (tertiary/aromatic N) is 3. The molecule has 2 fully saturated rings. The predicted molar refractivity (Wildman–Crippen MR) is 103 cm³/mol. The van der Waals surface area contributed by atoms with Gasteiger partial charge < -0.3 is 19.6 Å². The van der Waals surface area contributed by atoms with Crippen molar-refractivity contribution in [3.63, 3.8) is 0 Å². The summed E-state index contributed by atoms with van der Waals surface area (Å²) < 4.78 is 5.85. The second kappa shape index (κ2) is 8.18. The van der Waals surface area contributed by atoms with Gasteiger partial charge in [0.05, 0.1) is 6.61 Å². The van der Waals surface area contributed by atoms with E-state index >= 15 is 0 Å². The van der Waals surface area contributed by atoms with Crippen molar-refractivity contribution >= 4 is 23.5 Å². The minimum atomic E-state index is -0.113. The van der Waals surface area contributed by atoms with Crippen LogP contribution < -0.4 is 10.1 Å². The number of fused-ring (bicyclic) bond motifs is 2. The number of hydrogen-bond acceptors (Lipinski definition) is 6. The summed E-state index contributed by atoms with van der Waals surface area (Å²) in [6.45, 7) is 1.08. The van der Waals surface area contributed by atoms with Crippen molar-refractivity contribution in [2.45, 2.75) is 44.7 Å². The highest BCUT2D eigenvalue weighted by atomic mass is 16.5. The molecule has 1 aromatic carbocycles. The number of hydrogen-bond donors (Lipinski definition) is 2. The zero-order valence-electron chi connectivity index (χ0n) is 15.9. The molecule has 2 amide bonds. The zero-order chi connectivity index (χ0) is 19.5. The highest BCUT2D eigenvalue weighted by Crippen LogP contribution is 2.36. The molecule has 0 atom stereocenters. The number of aliphatic imine (C=N–C) groups is 1. The van der Waals surface area contributed by atoms with Gasteiger partial charge in [0.15, 0.2) is 6.61 Å². The number of rotatable bonds is 6. The first-order chi connectivity index (χ1) is 13.7. The van der Waals surface area contributed by atoms with Crippen LogP contribution in [0.1, 0.15) is 37.7 Å². The summed E-state index contributed by atoms with van der Waals surface area (Å²) in [6.07, 6.45) is 5.41. The molecule has 8 nitrogen and oxygen atoms in total. The first-order valence-corrected chi connectivity index (χ1v) is 9.94. The number of carbonyl (C=O) groups is 2. The topological polar surface area (TPSA) is 94.5 Å². The van der Waals surface area contributed by atoms with Gasteiger partial charge in [-0.15, -0.1) is 0 Å². The standard InChI is InChI=1S/C20H26N4O4/c25-10-9-24(15-6-2-1-3-7-15)18(27)13-28-16-8-4-5-14-11-23-12-17(26)21-20(23)22-19(14)16/h4-5,8,15,25H,1-3,6-7,9-13H2,(H,21,22,26). The fourth-order valence-corrected chi connectivity index (χ4v) is 4.20. The molecule has 2 aliphatic heterocycles. The number of amides is 2. The third-order valence-electron chi connectivity index (χ3n) is 5.57. The van der Waals surface area contributed by atoms with E-state index in [-0.39, 0.29) is 31.1 Å². The van der Waals surface area contributed by atoms with E-state index < -0.39 is 0 Å². The minimum Gasteiger partial charge on any atom is -0.481 e. The van der Waals surface area contributed by atoms with Gasteiger partial charge in [0, 0.05) is 24.7 Å². The van der Waals surface area contributed by atoms with E-state index in [0.29, 0.717) is 37.0 Å². The molecule has 2 N–H and O–H groups in total. The van der Waals surface area contributed by atoms with Gasteiger partial charge in [-0.25, -0.2) is 4.99 Å². The summed E-state index contributed by atoms with van der Waals surface area (Å²) in [5.41, 5.74) is 1.62. The maximum absolute atomic E-state index is 12.8. The molecule has 1 aromatic rings. The smallest absolute Gasteiger partial charge is 0.260 e. The molecule has 0 bridgehead atoms. The fourth-order valence-electron chi connectivity index (χ4n) is 4.20. The van der Waals surface area contributed by atoms with Crippen LogP contribution >= 0.6 is 0 Å². The molecule has 0 radical (unpaired) electrons. The monoisotopic (exact) mass is 386 g/mol. The lowest BCUT2D eigenvalue weighted by Gasteiger charge is -2.34. The van der Waals surface area contributed by atoms with Gasteiger partial charge in [0.25, 0.3) is 5.91 Å². The van der Waals surface area contributed by atoms with Crippen molar-refractivity contribution in [1.82, 2.24) is 15.1 Å². The fraction of sp³-hybridized carbons (Fsp3) is 0.550. The second-order valence-electron chi connectivity index (χ2n) is 7.49. The summed E-state index contributed by atoms with van der Waals surface area (Å²) in [7, 11) is 0. The van der Waals surface area contributed by atoms with Gasteiger partial charge in [0.2, 0.25) is 11.9 Å². The lowest BCUT2D eigenvalue weighted by Crippen LogP contribution is -2.45. The maximum atomic E-state index is 12.8. The Kier molecular flexibility index (Phi) is 5.47. The van der Waals surface area contributed by atoms with Crippen LogP contribution in [0.25, 0.3) is 0 Å². The first kappa shape index (κ1) is 18.7. The molecule has 1 aliphatic carbocycles. The molecule has 150 valence electrons. The Hall–Kier alpha value is -2.61. The maximum Gasteiger partial charge on any atom is 0.260 e. The second-order valence-corrected chi connectivity index (χ2v) is 7.49. The Morgan fingerprint density at radius 2 is 2.11 bits per heavy atom. The lowest BCUT2D eigenvalue weighted by atomic mass is 9.94. The van der Waals surface area contributed by atoms with Crippen LogP contribution in [0.2, 0.25) is 0 Å². The molecule has 0 spiro atoms. The number of ether oxygens (including phenoxy) is 1. The van der Waals surface area contributed by atoms with Crippen LogP contribution in [-0.2, 0) is 16.1 Å². The molecule has 3 aliphatic rings. The minimum absolute atomic E-state index is 0.0494. The van der Waals surface area contributed by atoms with E-state index in [2.05, 4.69) is 10.3 Å². The number of para-hydroxylation sites is 1. The molecule has 0 unspecified atom stereocenters. The van der Waals surface area contributed by atoms with E-state index in [1.807, 2.05) is 17.0 Å². The van der Waals surface area contributed by atoms with Crippen LogP contribution in [0, 0.1) is 0 Å². The molecular formula is C20H26N4O4. The van der Waals surface area contributed by atoms with Crippen LogP contribution in [0.3, 0.4) is 0 Å². The zero-order valence-corrected chi connectivity index (χ0v) is 15.9. The van der Waals surface area contributed by atoms with Crippen molar-refractivity contribution in [2.75, 3.05) is 26.3 Å². The summed E-state index contributed by atoms with van der Waals surface area (Å²) in [5, 5.41) is 12.1. The number of benzene rings is 1. The summed E-state index contributed by atoms with van der Waals surface area (Å²) in [5.74, 6) is 0.880. The van der Waals surface area contributed by atoms with Crippen molar-refractivity contribution in [1.29, 1.82) is 0 Å². The van der Waals surface area contributed by atoms with E-state index in [4.69, 9.17) is 4.74 Å². The SMILES string of the molecule is O=C1CN2Cc3cccc(OCC(=O)N(CCO)C4CCCCC4)c3N=C2N1. The van der Waals surface area contributed by atoms with Crippen molar-refractivity contribution in [2.24, 2.45) is 4.99 Å². The highest BCUT2D eigenvalue weighted by molar-refractivity contribution is 6.06. The van der Waals surface area contributed by atoms with Crippen LogP contribution in [-0.4, -0.2) is 65.0 Å². The average Bonchev–Trinajstić information content (AvgIpc) is 3.08. The van der Waals surface area contributed by atoms with E-state index in [1.54, 1.807) is 11.0 Å². The molecular weight excluding hydrogens is 360 g/mol. The van der Waals surface area contributed by atoms with Gasteiger partial charge in [-0.3, -0.25) is 14.9 Å². The van der Waals surface area contributed by atoms with Crippen LogP contribution in [0.15, 0.2) is 23.2 Å². The Morgan fingerprint density at radius 1 is 1.29 bits per heavy atom. The molecule has 0 aromatic heterocycles. The van der Waals surface area contributed by atoms with Crippen molar-refractivity contribution < 1.29 is 19.4 Å². The number of guanidine groups is 1. The third-order valence-corrected chi connectivity index (χ3v) is 5.57. The van der Waals surface area contributed by atoms with Gasteiger partial charge in [0.1, 0.15) is 18.0 Å². The van der Waals surface area contributed by atoms with Gasteiger partial charge in [-0.2, -0.15) is 0 Å². The molecule has 8 heteroatoms. The highest BCUT2D eigenvalue weighted by Gasteiger charge is 2.31. The number of aliphatic hydroxyl groups excluding tert-OH is 1. The number of aliphatic hydroxyl groups is 1. The van der Waals surface area contributed by atoms with Gasteiger partial charge >= 0.3 is 0 Å². The third kappa shape index (κ3) is 3.82. The van der Waals surface area contributed by atoms with Crippen LogP contribution in [0.4, 0.5) is 5.69 Å². The molecule has 4 rings (SSSR count). The normalized spacial score (nSPS) is 18.8. The molecule has 1 saturated heterocycles. The Labute approximate surface area is 164 Å². The summed E-state index contributed by atoms with van der Waals surface area (Å²) >= 11 is 0. The summed E-state index contributed by atoms with van der Waals surface area (Å²) in [6, 6.07) is 5.80. The Bertz CT molecular complexity index is 788. The predicted octanol–water partition coefficient (Wildman–Crippen LogP) is 1.15. The van der Waals surface area contributed by atoms with Crippen molar-refractivity contribution in [3.8, 4) is 5.75 Å². The quantitative estimate of drug-likeness (QED) is 0.765. The molecule has 28 heavy (non-hydrogen) atoms. The van der Waals surface area contributed by atoms with E-state index in [9.17, 15) is 14.7 Å². The average molecular weight is 386 g/mol. The molecule has 1 saturated carbocycles. The van der Waals surface area contributed by atoms with Crippen LogP contribution in [0.5, 0.6) is 5.75 Å². The Morgan fingerprint density at radius 3 is 2.89 bits per heavy atom. The van der Waals surface area contributed by atoms with Gasteiger partial charge in [-0.05, 0) is 18.9 Å². The summed E-state index contributed by atoms with van der Waals surface area (Å²) in [4.78, 5) is 32.6. The largest absolute Gasteiger partial charge is 0.481 e. The van der Waals surface area contributed by atoms with Crippen molar-refractivity contribution in [3.05, 3.63) is 23.8 Å². The van der Waals surface area contributed by atoms with Gasteiger partial charge in [-0.1, -0.05) is 31.4 Å². The van der Waals surface area contributed by atoms with E-state index in [0.717, 1.165) is 31.2 Å². The van der Waals surface area contributed by atoms with E-state index in [1.165, 1.54) is 6.42 Å². The first-order valence-electron chi connectivity index (χ1n) is 9.94. The number of carbonyl (C=O) groups excluding carboxylic acids is 2. The number of nitrogens with one attached hydrogen (secondary N) is 1.